The van der Waals surface area contributed by atoms with Crippen molar-refractivity contribution in [2.24, 2.45) is 0 Å². The molecule has 5 nitrogen and oxygen atoms in total. The lowest BCUT2D eigenvalue weighted by Gasteiger charge is -2.10. The summed E-state index contributed by atoms with van der Waals surface area (Å²) in [6.45, 7) is 5.06. The van der Waals surface area contributed by atoms with E-state index in [0.29, 0.717) is 24.3 Å². The molecule has 0 aliphatic heterocycles. The minimum absolute atomic E-state index is 0.0343. The van der Waals surface area contributed by atoms with Crippen molar-refractivity contribution in [2.45, 2.75) is 26.9 Å². The normalized spacial score (nSPS) is 11.0. The largest absolute Gasteiger partial charge is 0.329 e. The molecule has 1 amide bonds. The average molecular weight is 514 g/mol. The summed E-state index contributed by atoms with van der Waals surface area (Å²) in [7, 11) is 0. The van der Waals surface area contributed by atoms with Crippen LogP contribution in [0, 0.1) is 3.57 Å². The van der Waals surface area contributed by atoms with Gasteiger partial charge in [-0.05, 0) is 76.6 Å². The van der Waals surface area contributed by atoms with Crippen molar-refractivity contribution < 1.29 is 4.79 Å². The van der Waals surface area contributed by atoms with Crippen LogP contribution in [0.2, 0.25) is 0 Å². The van der Waals surface area contributed by atoms with Crippen molar-refractivity contribution >= 4 is 61.1 Å². The van der Waals surface area contributed by atoms with Crippen molar-refractivity contribution in [3.05, 3.63) is 60.5 Å². The third-order valence-electron chi connectivity index (χ3n) is 4.11. The van der Waals surface area contributed by atoms with E-state index in [1.165, 1.54) is 0 Å². The Hall–Kier alpha value is -1.61. The molecular formula is C18H17BrIN3O2. The Morgan fingerprint density at radius 2 is 1.72 bits per heavy atom. The first-order valence-electron chi connectivity index (χ1n) is 7.96. The Bertz CT molecular complexity index is 1020. The SMILES string of the molecule is CCn1c(=O)n(CC)c2cc(NC(=O)c3ccccc3I)c(Br)cc21. The number of hydrogen-bond donors (Lipinski definition) is 1. The van der Waals surface area contributed by atoms with Crippen LogP contribution in [0.25, 0.3) is 11.0 Å². The monoisotopic (exact) mass is 513 g/mol. The molecule has 0 fully saturated rings. The third kappa shape index (κ3) is 3.27. The van der Waals surface area contributed by atoms with Crippen LogP contribution in [0.15, 0.2) is 45.7 Å². The zero-order valence-electron chi connectivity index (χ0n) is 13.8. The molecule has 1 aromatic heterocycles. The minimum Gasteiger partial charge on any atom is -0.321 e. The molecule has 0 unspecified atom stereocenters. The van der Waals surface area contributed by atoms with E-state index in [1.54, 1.807) is 15.2 Å². The number of benzene rings is 2. The minimum atomic E-state index is -0.176. The molecule has 0 saturated carbocycles. The highest BCUT2D eigenvalue weighted by Crippen LogP contribution is 2.29. The molecule has 3 rings (SSSR count). The third-order valence-corrected chi connectivity index (χ3v) is 5.70. The highest BCUT2D eigenvalue weighted by molar-refractivity contribution is 14.1. The summed E-state index contributed by atoms with van der Waals surface area (Å²) in [5.74, 6) is -0.176. The molecule has 1 N–H and O–H groups in total. The molecular weight excluding hydrogens is 497 g/mol. The van der Waals surface area contributed by atoms with Crippen LogP contribution in [-0.2, 0) is 13.1 Å². The first kappa shape index (κ1) is 18.2. The topological polar surface area (TPSA) is 56.0 Å². The van der Waals surface area contributed by atoms with Crippen LogP contribution in [0.4, 0.5) is 5.69 Å². The Morgan fingerprint density at radius 3 is 2.32 bits per heavy atom. The molecule has 0 bridgehead atoms. The van der Waals surface area contributed by atoms with Gasteiger partial charge in [-0.2, -0.15) is 0 Å². The Morgan fingerprint density at radius 1 is 1.12 bits per heavy atom. The molecule has 3 aromatic rings. The van der Waals surface area contributed by atoms with E-state index in [9.17, 15) is 9.59 Å². The molecule has 7 heteroatoms. The molecule has 0 spiro atoms. The van der Waals surface area contributed by atoms with Gasteiger partial charge in [-0.25, -0.2) is 4.79 Å². The smallest absolute Gasteiger partial charge is 0.321 e. The van der Waals surface area contributed by atoms with Gasteiger partial charge in [-0.3, -0.25) is 13.9 Å². The molecule has 0 atom stereocenters. The van der Waals surface area contributed by atoms with E-state index in [0.717, 1.165) is 19.1 Å². The van der Waals surface area contributed by atoms with Crippen molar-refractivity contribution in [1.82, 2.24) is 9.13 Å². The van der Waals surface area contributed by atoms with Crippen LogP contribution in [0.5, 0.6) is 0 Å². The van der Waals surface area contributed by atoms with Gasteiger partial charge in [0.1, 0.15) is 0 Å². The highest BCUT2D eigenvalue weighted by atomic mass is 127. The molecule has 130 valence electrons. The maximum atomic E-state index is 12.6. The van der Waals surface area contributed by atoms with Crippen molar-refractivity contribution in [2.75, 3.05) is 5.32 Å². The van der Waals surface area contributed by atoms with E-state index in [4.69, 9.17) is 0 Å². The van der Waals surface area contributed by atoms with Gasteiger partial charge in [0.15, 0.2) is 0 Å². The lowest BCUT2D eigenvalue weighted by molar-refractivity contribution is 0.102. The number of imidazole rings is 1. The maximum Gasteiger partial charge on any atom is 0.329 e. The average Bonchev–Trinajstić information content (AvgIpc) is 2.85. The summed E-state index contributed by atoms with van der Waals surface area (Å²) in [6.07, 6.45) is 0. The fourth-order valence-electron chi connectivity index (χ4n) is 2.88. The quantitative estimate of drug-likeness (QED) is 0.523. The number of hydrogen-bond acceptors (Lipinski definition) is 2. The van der Waals surface area contributed by atoms with Gasteiger partial charge in [0.25, 0.3) is 5.91 Å². The number of aromatic nitrogens is 2. The van der Waals surface area contributed by atoms with Gasteiger partial charge in [-0.1, -0.05) is 12.1 Å². The van der Waals surface area contributed by atoms with Gasteiger partial charge < -0.3 is 5.32 Å². The van der Waals surface area contributed by atoms with E-state index in [2.05, 4.69) is 43.8 Å². The summed E-state index contributed by atoms with van der Waals surface area (Å²) in [5.41, 5.74) is 2.90. The second-order valence-corrected chi connectivity index (χ2v) is 7.54. The fraction of sp³-hybridized carbons (Fsp3) is 0.222. The predicted octanol–water partition coefficient (Wildman–Crippen LogP) is 4.46. The van der Waals surface area contributed by atoms with Crippen molar-refractivity contribution in [1.29, 1.82) is 0 Å². The van der Waals surface area contributed by atoms with E-state index < -0.39 is 0 Å². The zero-order chi connectivity index (χ0) is 18.1. The summed E-state index contributed by atoms with van der Waals surface area (Å²) < 4.78 is 5.08. The lowest BCUT2D eigenvalue weighted by atomic mass is 10.2. The molecule has 1 heterocycles. The van der Waals surface area contributed by atoms with Crippen molar-refractivity contribution in [3.8, 4) is 0 Å². The molecule has 2 aromatic carbocycles. The van der Waals surface area contributed by atoms with Gasteiger partial charge in [0, 0.05) is 21.1 Å². The summed E-state index contributed by atoms with van der Waals surface area (Å²) in [4.78, 5) is 25.1. The molecule has 25 heavy (non-hydrogen) atoms. The number of aryl methyl sites for hydroxylation is 2. The molecule has 0 aliphatic carbocycles. The number of fused-ring (bicyclic) bond motifs is 1. The van der Waals surface area contributed by atoms with Crippen LogP contribution < -0.4 is 11.0 Å². The maximum absolute atomic E-state index is 12.6. The van der Waals surface area contributed by atoms with Crippen LogP contribution in [0.3, 0.4) is 0 Å². The molecule has 0 radical (unpaired) electrons. The Balaban J connectivity index is 2.09. The number of amides is 1. The predicted molar refractivity (Wildman–Crippen MR) is 112 cm³/mol. The van der Waals surface area contributed by atoms with Gasteiger partial charge >= 0.3 is 5.69 Å². The summed E-state index contributed by atoms with van der Waals surface area (Å²) in [6, 6.07) is 11.2. The Kier molecular flexibility index (Phi) is 5.33. The molecule has 0 aliphatic rings. The second kappa shape index (κ2) is 7.33. The fourth-order valence-corrected chi connectivity index (χ4v) is 3.94. The number of carbonyl (C=O) groups excluding carboxylic acids is 1. The molecule has 0 saturated heterocycles. The summed E-state index contributed by atoms with van der Waals surface area (Å²) >= 11 is 5.66. The van der Waals surface area contributed by atoms with Crippen LogP contribution in [0.1, 0.15) is 24.2 Å². The number of carbonyl (C=O) groups is 1. The number of anilines is 1. The van der Waals surface area contributed by atoms with E-state index >= 15 is 0 Å². The zero-order valence-corrected chi connectivity index (χ0v) is 17.6. The lowest BCUT2D eigenvalue weighted by Crippen LogP contribution is -2.23. The van der Waals surface area contributed by atoms with Gasteiger partial charge in [0.2, 0.25) is 0 Å². The second-order valence-electron chi connectivity index (χ2n) is 5.53. The highest BCUT2D eigenvalue weighted by Gasteiger charge is 2.16. The van der Waals surface area contributed by atoms with E-state index in [1.807, 2.05) is 44.2 Å². The summed E-state index contributed by atoms with van der Waals surface area (Å²) in [5, 5.41) is 2.94. The van der Waals surface area contributed by atoms with Crippen LogP contribution in [-0.4, -0.2) is 15.0 Å². The number of rotatable bonds is 4. The number of halogens is 2. The number of nitrogens with zero attached hydrogens (tertiary/aromatic N) is 2. The Labute approximate surface area is 167 Å². The van der Waals surface area contributed by atoms with Crippen molar-refractivity contribution in [3.63, 3.8) is 0 Å². The van der Waals surface area contributed by atoms with Gasteiger partial charge in [-0.15, -0.1) is 0 Å². The first-order valence-corrected chi connectivity index (χ1v) is 9.83. The van der Waals surface area contributed by atoms with Gasteiger partial charge in [0.05, 0.1) is 22.3 Å². The van der Waals surface area contributed by atoms with E-state index in [-0.39, 0.29) is 11.6 Å². The standard InChI is InChI=1S/C18H17BrIN3O2/c1-3-22-15-9-12(19)14(10-16(15)23(4-2)18(22)25)21-17(24)11-7-5-6-8-13(11)20/h5-10H,3-4H2,1-2H3,(H,21,24). The number of nitrogens with one attached hydrogen (secondary N) is 1. The first-order chi connectivity index (χ1) is 12.0. The van der Waals surface area contributed by atoms with Crippen LogP contribution >= 0.6 is 38.5 Å².